The highest BCUT2D eigenvalue weighted by Gasteiger charge is 2.23. The standard InChI is InChI=1S/C30H24N2O6S/c1-4-15-37-21-11-14-26(36-3)25(18-21)32-20-10-13-23-28(17-20)38-27-16-19(31-2)9-12-22(27)30(23)24-7-5-6-8-29(24)39(33,34)35/h1,5-14,16-18,32H,15H2,2-3H3,(H,33,34,35). The lowest BCUT2D eigenvalue weighted by molar-refractivity contribution is 0.368. The smallest absolute Gasteiger partial charge is 0.295 e. The number of anilines is 2. The summed E-state index contributed by atoms with van der Waals surface area (Å²) < 4.78 is 51.9. The number of nitrogens with one attached hydrogen (secondary N) is 1. The predicted molar refractivity (Wildman–Crippen MR) is 150 cm³/mol. The zero-order chi connectivity index (χ0) is 27.6. The lowest BCUT2D eigenvalue weighted by atomic mass is 9.93. The van der Waals surface area contributed by atoms with Gasteiger partial charge in [-0.1, -0.05) is 24.1 Å². The first-order chi connectivity index (χ1) is 18.8. The lowest BCUT2D eigenvalue weighted by Gasteiger charge is -2.18. The Bertz CT molecular complexity index is 1890. The summed E-state index contributed by atoms with van der Waals surface area (Å²) in [5.41, 5.74) is 3.45. The van der Waals surface area contributed by atoms with E-state index in [9.17, 15) is 13.0 Å². The SMILES string of the molecule is C#CCOc1ccc(OC)c(Nc2ccc3c(-c4ccccc4S(=O)(=O)O)c4ccc(=NC)cc-4oc3c2)c1. The van der Waals surface area contributed by atoms with Gasteiger partial charge >= 0.3 is 0 Å². The summed E-state index contributed by atoms with van der Waals surface area (Å²) in [6.45, 7) is 0.132. The maximum absolute atomic E-state index is 12.3. The molecule has 1 aliphatic heterocycles. The van der Waals surface area contributed by atoms with Crippen LogP contribution >= 0.6 is 0 Å². The maximum Gasteiger partial charge on any atom is 0.295 e. The molecule has 2 aliphatic rings. The van der Waals surface area contributed by atoms with Crippen molar-refractivity contribution >= 4 is 32.5 Å². The molecule has 0 radical (unpaired) electrons. The van der Waals surface area contributed by atoms with E-state index in [4.69, 9.17) is 20.3 Å². The molecule has 0 saturated carbocycles. The fraction of sp³-hybridized carbons (Fsp3) is 0.100. The molecule has 0 bridgehead atoms. The molecule has 0 amide bonds. The van der Waals surface area contributed by atoms with Crippen LogP contribution in [0.2, 0.25) is 0 Å². The molecule has 0 spiro atoms. The van der Waals surface area contributed by atoms with Gasteiger partial charge in [-0.05, 0) is 42.5 Å². The van der Waals surface area contributed by atoms with E-state index in [-0.39, 0.29) is 11.5 Å². The molecule has 39 heavy (non-hydrogen) atoms. The highest BCUT2D eigenvalue weighted by molar-refractivity contribution is 7.86. The van der Waals surface area contributed by atoms with E-state index in [1.165, 1.54) is 6.07 Å². The number of fused-ring (bicyclic) bond motifs is 2. The van der Waals surface area contributed by atoms with Gasteiger partial charge in [0.2, 0.25) is 0 Å². The Labute approximate surface area is 225 Å². The van der Waals surface area contributed by atoms with Gasteiger partial charge in [0.1, 0.15) is 34.3 Å². The summed E-state index contributed by atoms with van der Waals surface area (Å²) >= 11 is 0. The largest absolute Gasteiger partial charge is 0.495 e. The van der Waals surface area contributed by atoms with Crippen LogP contribution in [0.5, 0.6) is 11.5 Å². The number of rotatable bonds is 7. The normalized spacial score (nSPS) is 11.9. The van der Waals surface area contributed by atoms with Crippen LogP contribution in [0.1, 0.15) is 0 Å². The molecular weight excluding hydrogens is 516 g/mol. The molecule has 0 unspecified atom stereocenters. The Morgan fingerprint density at radius 1 is 1.03 bits per heavy atom. The molecule has 2 N–H and O–H groups in total. The van der Waals surface area contributed by atoms with Gasteiger partial charge in [0.15, 0.2) is 0 Å². The third-order valence-corrected chi connectivity index (χ3v) is 7.08. The number of terminal acetylenes is 1. The quantitative estimate of drug-likeness (QED) is 0.154. The van der Waals surface area contributed by atoms with Crippen molar-refractivity contribution < 1.29 is 26.9 Å². The van der Waals surface area contributed by atoms with Crippen molar-refractivity contribution in [2.75, 3.05) is 26.1 Å². The minimum Gasteiger partial charge on any atom is -0.495 e. The van der Waals surface area contributed by atoms with Crippen LogP contribution in [0.3, 0.4) is 0 Å². The summed E-state index contributed by atoms with van der Waals surface area (Å²) in [4.78, 5) is 4.04. The highest BCUT2D eigenvalue weighted by atomic mass is 32.2. The molecule has 0 saturated heterocycles. The van der Waals surface area contributed by atoms with Crippen molar-refractivity contribution in [3.8, 4) is 46.3 Å². The first-order valence-electron chi connectivity index (χ1n) is 11.8. The van der Waals surface area contributed by atoms with Gasteiger partial charge in [-0.3, -0.25) is 9.55 Å². The monoisotopic (exact) mass is 540 g/mol. The van der Waals surface area contributed by atoms with Crippen LogP contribution < -0.4 is 20.1 Å². The molecule has 3 aromatic rings. The van der Waals surface area contributed by atoms with E-state index in [1.807, 2.05) is 24.3 Å². The van der Waals surface area contributed by atoms with Crippen molar-refractivity contribution in [1.29, 1.82) is 0 Å². The van der Waals surface area contributed by atoms with Gasteiger partial charge in [0.05, 0.1) is 18.2 Å². The zero-order valence-corrected chi connectivity index (χ0v) is 22.0. The van der Waals surface area contributed by atoms with Crippen LogP contribution in [-0.4, -0.2) is 33.7 Å². The summed E-state index contributed by atoms with van der Waals surface area (Å²) in [5, 5.41) is 4.68. The zero-order valence-electron chi connectivity index (χ0n) is 21.1. The van der Waals surface area contributed by atoms with Crippen molar-refractivity contribution in [2.45, 2.75) is 4.90 Å². The van der Waals surface area contributed by atoms with E-state index in [1.54, 1.807) is 62.7 Å². The van der Waals surface area contributed by atoms with E-state index < -0.39 is 10.1 Å². The van der Waals surface area contributed by atoms with Crippen molar-refractivity contribution in [2.24, 2.45) is 4.99 Å². The first-order valence-corrected chi connectivity index (χ1v) is 13.3. The van der Waals surface area contributed by atoms with Gasteiger partial charge in [0.25, 0.3) is 10.1 Å². The topological polar surface area (TPSA) is 110 Å². The predicted octanol–water partition coefficient (Wildman–Crippen LogP) is 5.75. The van der Waals surface area contributed by atoms with E-state index in [0.29, 0.717) is 61.7 Å². The van der Waals surface area contributed by atoms with Crippen molar-refractivity contribution in [3.05, 3.63) is 84.2 Å². The second-order valence-electron chi connectivity index (χ2n) is 8.54. The first kappa shape index (κ1) is 25.9. The summed E-state index contributed by atoms with van der Waals surface area (Å²) in [5.74, 6) is 4.12. The molecular formula is C30H24N2O6S. The molecule has 9 heteroatoms. The van der Waals surface area contributed by atoms with Crippen LogP contribution in [0.4, 0.5) is 11.4 Å². The molecule has 0 fully saturated rings. The molecule has 196 valence electrons. The van der Waals surface area contributed by atoms with E-state index in [2.05, 4.69) is 16.2 Å². The second kappa shape index (κ2) is 10.5. The van der Waals surface area contributed by atoms with Crippen molar-refractivity contribution in [3.63, 3.8) is 0 Å². The van der Waals surface area contributed by atoms with Crippen molar-refractivity contribution in [1.82, 2.24) is 0 Å². The highest BCUT2D eigenvalue weighted by Crippen LogP contribution is 2.43. The fourth-order valence-electron chi connectivity index (χ4n) is 4.44. The van der Waals surface area contributed by atoms with Gasteiger partial charge in [-0.15, -0.1) is 6.42 Å². The number of nitrogens with zero attached hydrogens (tertiary/aromatic N) is 1. The number of methoxy groups -OCH3 is 1. The number of hydrogen-bond acceptors (Lipinski definition) is 7. The van der Waals surface area contributed by atoms with Crippen LogP contribution in [0.15, 0.2) is 93.2 Å². The summed E-state index contributed by atoms with van der Waals surface area (Å²) in [6.07, 6.45) is 5.31. The second-order valence-corrected chi connectivity index (χ2v) is 9.93. The molecule has 0 atom stereocenters. The van der Waals surface area contributed by atoms with Gasteiger partial charge in [0, 0.05) is 53.0 Å². The molecule has 5 rings (SSSR count). The lowest BCUT2D eigenvalue weighted by Crippen LogP contribution is -2.04. The molecule has 0 aromatic heterocycles. The Morgan fingerprint density at radius 3 is 2.59 bits per heavy atom. The van der Waals surface area contributed by atoms with Gasteiger partial charge in [-0.25, -0.2) is 0 Å². The summed E-state index contributed by atoms with van der Waals surface area (Å²) in [7, 11) is -1.26. The Balaban J connectivity index is 1.72. The Morgan fingerprint density at radius 2 is 1.85 bits per heavy atom. The van der Waals surface area contributed by atoms with Crippen LogP contribution in [0, 0.1) is 12.3 Å². The van der Waals surface area contributed by atoms with Crippen LogP contribution in [0.25, 0.3) is 33.4 Å². The minimum absolute atomic E-state index is 0.132. The number of benzene rings is 4. The summed E-state index contributed by atoms with van der Waals surface area (Å²) in [6, 6.07) is 22.5. The molecule has 1 aliphatic carbocycles. The minimum atomic E-state index is -4.50. The fourth-order valence-corrected chi connectivity index (χ4v) is 5.14. The average molecular weight is 541 g/mol. The number of ether oxygens (including phenoxy) is 2. The van der Waals surface area contributed by atoms with Crippen LogP contribution in [-0.2, 0) is 10.1 Å². The van der Waals surface area contributed by atoms with Gasteiger partial charge in [-0.2, -0.15) is 8.42 Å². The maximum atomic E-state index is 12.3. The van der Waals surface area contributed by atoms with Gasteiger partial charge < -0.3 is 19.2 Å². The molecule has 3 aromatic carbocycles. The molecule has 1 heterocycles. The Kier molecular flexibility index (Phi) is 6.98. The molecule has 8 nitrogen and oxygen atoms in total. The Hall–Kier alpha value is -4.78. The average Bonchev–Trinajstić information content (AvgIpc) is 2.94. The third-order valence-electron chi connectivity index (χ3n) is 6.17. The van der Waals surface area contributed by atoms with E-state index >= 15 is 0 Å². The third kappa shape index (κ3) is 5.16. The number of hydrogen-bond donors (Lipinski definition) is 2. The van der Waals surface area contributed by atoms with E-state index in [0.717, 1.165) is 0 Å².